The number of amides is 1. The van der Waals surface area contributed by atoms with Gasteiger partial charge in [-0.1, -0.05) is 12.1 Å². The monoisotopic (exact) mass is 409 g/mol. The van der Waals surface area contributed by atoms with Crippen molar-refractivity contribution in [2.45, 2.75) is 19.0 Å². The number of nitrogens with zero attached hydrogens (tertiary/aromatic N) is 2. The number of carbonyl (C=O) groups excluding carboxylic acids is 2. The van der Waals surface area contributed by atoms with E-state index in [4.69, 9.17) is 0 Å². The molecule has 1 fully saturated rings. The number of alkyl halides is 3. The van der Waals surface area contributed by atoms with Crippen LogP contribution in [0, 0.1) is 11.7 Å². The quantitative estimate of drug-likeness (QED) is 0.612. The average molecular weight is 409 g/mol. The van der Waals surface area contributed by atoms with Crippen LogP contribution >= 0.6 is 0 Å². The molecule has 3 rings (SSSR count). The third kappa shape index (κ3) is 4.79. The Morgan fingerprint density at radius 3 is 2.41 bits per heavy atom. The number of Topliss-reactive ketones (excluding diaryl/α,β-unsaturated/α-hetero) is 1. The molecular formula is C20H19F4N3O2. The molecule has 1 N–H and O–H groups in total. The summed E-state index contributed by atoms with van der Waals surface area (Å²) >= 11 is 0. The number of benzene rings is 1. The zero-order valence-corrected chi connectivity index (χ0v) is 15.6. The van der Waals surface area contributed by atoms with E-state index in [0.717, 1.165) is 25.2 Å². The summed E-state index contributed by atoms with van der Waals surface area (Å²) in [5.41, 5.74) is -2.38. The fourth-order valence-electron chi connectivity index (χ4n) is 3.29. The number of pyridine rings is 1. The Kier molecular flexibility index (Phi) is 5.97. The van der Waals surface area contributed by atoms with Gasteiger partial charge in [0, 0.05) is 5.92 Å². The van der Waals surface area contributed by atoms with Crippen LogP contribution in [0.4, 0.5) is 23.4 Å². The fourth-order valence-corrected chi connectivity index (χ4v) is 3.29. The number of nitrogens with one attached hydrogen (secondary N) is 1. The molecule has 0 atom stereocenters. The lowest BCUT2D eigenvalue weighted by Gasteiger charge is -2.27. The Hall–Kier alpha value is -2.81. The molecule has 0 unspecified atom stereocenters. The number of halogens is 4. The van der Waals surface area contributed by atoms with Crippen LogP contribution in [0.3, 0.4) is 0 Å². The van der Waals surface area contributed by atoms with Gasteiger partial charge < -0.3 is 10.2 Å². The van der Waals surface area contributed by atoms with Crippen molar-refractivity contribution in [2.75, 3.05) is 25.5 Å². The third-order valence-corrected chi connectivity index (χ3v) is 4.88. The van der Waals surface area contributed by atoms with Crippen molar-refractivity contribution in [1.82, 2.24) is 9.88 Å². The second-order valence-electron chi connectivity index (χ2n) is 6.96. The number of rotatable bonds is 4. The van der Waals surface area contributed by atoms with Gasteiger partial charge in [0.25, 0.3) is 5.91 Å². The topological polar surface area (TPSA) is 62.3 Å². The second kappa shape index (κ2) is 8.28. The maximum atomic E-state index is 14.0. The highest BCUT2D eigenvalue weighted by Crippen LogP contribution is 2.33. The molecule has 1 aliphatic rings. The molecular weight excluding hydrogens is 390 g/mol. The normalized spacial score (nSPS) is 15.9. The molecule has 1 amide bonds. The van der Waals surface area contributed by atoms with Crippen LogP contribution < -0.4 is 5.32 Å². The number of ketones is 1. The summed E-state index contributed by atoms with van der Waals surface area (Å²) < 4.78 is 53.3. The molecule has 1 aromatic heterocycles. The Labute approximate surface area is 164 Å². The number of piperidine rings is 1. The van der Waals surface area contributed by atoms with E-state index in [2.05, 4.69) is 15.2 Å². The van der Waals surface area contributed by atoms with Gasteiger partial charge in [-0.15, -0.1) is 0 Å². The first kappa shape index (κ1) is 20.9. The Morgan fingerprint density at radius 2 is 1.76 bits per heavy atom. The number of likely N-dealkylation sites (tertiary alicyclic amines) is 1. The Bertz CT molecular complexity index is 922. The van der Waals surface area contributed by atoms with Gasteiger partial charge in [-0.05, 0) is 57.2 Å². The van der Waals surface area contributed by atoms with E-state index in [9.17, 15) is 27.2 Å². The maximum Gasteiger partial charge on any atom is 0.417 e. The first-order valence-electron chi connectivity index (χ1n) is 9.03. The molecule has 1 saturated heterocycles. The predicted molar refractivity (Wildman–Crippen MR) is 98.1 cm³/mol. The van der Waals surface area contributed by atoms with Crippen LogP contribution in [0.5, 0.6) is 0 Å². The van der Waals surface area contributed by atoms with Crippen LogP contribution in [-0.4, -0.2) is 41.7 Å². The molecule has 0 bridgehead atoms. The second-order valence-corrected chi connectivity index (χ2v) is 6.96. The molecule has 154 valence electrons. The summed E-state index contributed by atoms with van der Waals surface area (Å²) in [7, 11) is 1.97. The SMILES string of the molecule is CN1CCC(C(=O)c2cccc(NC(=O)c3c(F)cccc3C(F)(F)F)n2)CC1. The molecule has 0 spiro atoms. The maximum absolute atomic E-state index is 14.0. The lowest BCUT2D eigenvalue weighted by atomic mass is 9.91. The summed E-state index contributed by atoms with van der Waals surface area (Å²) in [6, 6.07) is 6.58. The van der Waals surface area contributed by atoms with Crippen LogP contribution in [0.15, 0.2) is 36.4 Å². The molecule has 0 radical (unpaired) electrons. The molecule has 29 heavy (non-hydrogen) atoms. The van der Waals surface area contributed by atoms with Gasteiger partial charge in [0.05, 0.1) is 11.1 Å². The predicted octanol–water partition coefficient (Wildman–Crippen LogP) is 4.02. The summed E-state index contributed by atoms with van der Waals surface area (Å²) in [4.78, 5) is 31.2. The van der Waals surface area contributed by atoms with Crippen molar-refractivity contribution >= 4 is 17.5 Å². The lowest BCUT2D eigenvalue weighted by molar-refractivity contribution is -0.138. The number of anilines is 1. The van der Waals surface area contributed by atoms with Crippen LogP contribution in [-0.2, 0) is 6.18 Å². The van der Waals surface area contributed by atoms with Gasteiger partial charge in [0.15, 0.2) is 5.78 Å². The largest absolute Gasteiger partial charge is 0.417 e. The lowest BCUT2D eigenvalue weighted by Crippen LogP contribution is -2.33. The van der Waals surface area contributed by atoms with Crippen molar-refractivity contribution in [3.8, 4) is 0 Å². The first-order chi connectivity index (χ1) is 13.7. The van der Waals surface area contributed by atoms with Crippen LogP contribution in [0.25, 0.3) is 0 Å². The molecule has 1 aliphatic heterocycles. The Morgan fingerprint density at radius 1 is 1.10 bits per heavy atom. The fraction of sp³-hybridized carbons (Fsp3) is 0.350. The van der Waals surface area contributed by atoms with Gasteiger partial charge in [-0.25, -0.2) is 9.37 Å². The smallest absolute Gasteiger partial charge is 0.306 e. The van der Waals surface area contributed by atoms with Crippen molar-refractivity contribution in [3.05, 3.63) is 59.0 Å². The summed E-state index contributed by atoms with van der Waals surface area (Å²) in [6.45, 7) is 1.56. The molecule has 0 aliphatic carbocycles. The highest BCUT2D eigenvalue weighted by Gasteiger charge is 2.37. The minimum Gasteiger partial charge on any atom is -0.306 e. The minimum atomic E-state index is -4.89. The van der Waals surface area contributed by atoms with Gasteiger partial charge in [0.1, 0.15) is 17.3 Å². The number of hydrogen-bond acceptors (Lipinski definition) is 4. The average Bonchev–Trinajstić information content (AvgIpc) is 2.67. The number of hydrogen-bond donors (Lipinski definition) is 1. The number of carbonyl (C=O) groups is 2. The summed E-state index contributed by atoms with van der Waals surface area (Å²) in [5.74, 6) is -3.09. The zero-order valence-electron chi connectivity index (χ0n) is 15.6. The zero-order chi connectivity index (χ0) is 21.2. The van der Waals surface area contributed by atoms with Crippen LogP contribution in [0.2, 0.25) is 0 Å². The Balaban J connectivity index is 1.81. The highest BCUT2D eigenvalue weighted by atomic mass is 19.4. The molecule has 2 aromatic rings. The molecule has 2 heterocycles. The van der Waals surface area contributed by atoms with Crippen molar-refractivity contribution < 1.29 is 27.2 Å². The van der Waals surface area contributed by atoms with Crippen molar-refractivity contribution in [2.24, 2.45) is 5.92 Å². The van der Waals surface area contributed by atoms with E-state index in [1.807, 2.05) is 7.05 Å². The molecule has 0 saturated carbocycles. The van der Waals surface area contributed by atoms with Gasteiger partial charge >= 0.3 is 6.18 Å². The first-order valence-corrected chi connectivity index (χ1v) is 9.03. The van der Waals surface area contributed by atoms with Gasteiger partial charge in [-0.2, -0.15) is 13.2 Å². The molecule has 1 aromatic carbocycles. The summed E-state index contributed by atoms with van der Waals surface area (Å²) in [5, 5.41) is 2.17. The van der Waals surface area contributed by atoms with E-state index in [0.29, 0.717) is 18.9 Å². The van der Waals surface area contributed by atoms with E-state index in [1.165, 1.54) is 18.2 Å². The molecule has 9 heteroatoms. The van der Waals surface area contributed by atoms with Crippen molar-refractivity contribution in [3.63, 3.8) is 0 Å². The minimum absolute atomic E-state index is 0.113. The standard InChI is InChI=1S/C20H19F4N3O2/c1-27-10-8-12(9-11-27)18(28)15-6-3-7-16(25-15)26-19(29)17-13(20(22,23)24)4-2-5-14(17)21/h2-7,12H,8-11H2,1H3,(H,25,26,29). The van der Waals surface area contributed by atoms with Crippen LogP contribution in [0.1, 0.15) is 39.3 Å². The van der Waals surface area contributed by atoms with Gasteiger partial charge in [0.2, 0.25) is 0 Å². The highest BCUT2D eigenvalue weighted by molar-refractivity contribution is 6.05. The van der Waals surface area contributed by atoms with Crippen molar-refractivity contribution in [1.29, 1.82) is 0 Å². The third-order valence-electron chi connectivity index (χ3n) is 4.88. The van der Waals surface area contributed by atoms with E-state index >= 15 is 0 Å². The van der Waals surface area contributed by atoms with E-state index in [1.54, 1.807) is 0 Å². The molecule has 5 nitrogen and oxygen atoms in total. The number of aromatic nitrogens is 1. The van der Waals surface area contributed by atoms with E-state index < -0.39 is 29.0 Å². The van der Waals surface area contributed by atoms with Gasteiger partial charge in [-0.3, -0.25) is 9.59 Å². The summed E-state index contributed by atoms with van der Waals surface area (Å²) in [6.07, 6.45) is -3.54. The van der Waals surface area contributed by atoms with E-state index in [-0.39, 0.29) is 23.2 Å².